The lowest BCUT2D eigenvalue weighted by atomic mass is 10.1. The van der Waals surface area contributed by atoms with Crippen LogP contribution < -0.4 is 5.73 Å². The molecule has 0 aliphatic heterocycles. The average Bonchev–Trinajstić information content (AvgIpc) is 2.68. The number of aryl methyl sites for hydroxylation is 2. The molecule has 0 unspecified atom stereocenters. The first-order valence-electron chi connectivity index (χ1n) is 6.17. The van der Waals surface area contributed by atoms with Gasteiger partial charge in [-0.3, -0.25) is 4.40 Å². The highest BCUT2D eigenvalue weighted by atomic mass is 79.9. The number of nitrogen functional groups attached to an aromatic ring is 1. The molecule has 20 heavy (non-hydrogen) atoms. The van der Waals surface area contributed by atoms with Crippen LogP contribution in [0, 0.1) is 19.7 Å². The third kappa shape index (κ3) is 1.98. The summed E-state index contributed by atoms with van der Waals surface area (Å²) in [7, 11) is 0. The first-order chi connectivity index (χ1) is 9.47. The molecule has 5 heteroatoms. The van der Waals surface area contributed by atoms with Gasteiger partial charge in [-0.05, 0) is 65.2 Å². The van der Waals surface area contributed by atoms with Crippen LogP contribution in [0.15, 0.2) is 34.9 Å². The lowest BCUT2D eigenvalue weighted by Crippen LogP contribution is -1.95. The molecule has 2 N–H and O–H groups in total. The van der Waals surface area contributed by atoms with Crippen LogP contribution in [0.3, 0.4) is 0 Å². The van der Waals surface area contributed by atoms with E-state index in [4.69, 9.17) is 5.73 Å². The highest BCUT2D eigenvalue weighted by Crippen LogP contribution is 2.31. The molecule has 0 aliphatic carbocycles. The molecule has 102 valence electrons. The fourth-order valence-corrected chi connectivity index (χ4v) is 2.59. The van der Waals surface area contributed by atoms with Crippen molar-refractivity contribution in [2.75, 3.05) is 5.73 Å². The van der Waals surface area contributed by atoms with E-state index in [1.807, 2.05) is 30.5 Å². The van der Waals surface area contributed by atoms with Gasteiger partial charge >= 0.3 is 0 Å². The minimum atomic E-state index is -0.257. The molecule has 0 bridgehead atoms. The van der Waals surface area contributed by atoms with Gasteiger partial charge in [-0.15, -0.1) is 0 Å². The van der Waals surface area contributed by atoms with Crippen molar-refractivity contribution in [2.45, 2.75) is 13.8 Å². The highest BCUT2D eigenvalue weighted by molar-refractivity contribution is 9.10. The molecule has 3 rings (SSSR count). The monoisotopic (exact) mass is 333 g/mol. The van der Waals surface area contributed by atoms with Gasteiger partial charge in [0.15, 0.2) is 0 Å². The smallest absolute Gasteiger partial charge is 0.139 e. The molecule has 0 amide bonds. The average molecular weight is 334 g/mol. The number of halogens is 2. The normalized spacial score (nSPS) is 11.2. The zero-order chi connectivity index (χ0) is 14.4. The van der Waals surface area contributed by atoms with Gasteiger partial charge in [0, 0.05) is 16.2 Å². The molecule has 0 aliphatic rings. The fraction of sp³-hybridized carbons (Fsp3) is 0.133. The third-order valence-corrected chi connectivity index (χ3v) is 4.21. The van der Waals surface area contributed by atoms with Crippen molar-refractivity contribution in [3.63, 3.8) is 0 Å². The van der Waals surface area contributed by atoms with Crippen molar-refractivity contribution in [3.05, 3.63) is 51.9 Å². The largest absolute Gasteiger partial charge is 0.383 e. The predicted molar refractivity (Wildman–Crippen MR) is 82.2 cm³/mol. The Morgan fingerprint density at radius 1 is 1.20 bits per heavy atom. The lowest BCUT2D eigenvalue weighted by molar-refractivity contribution is 0.627. The molecule has 0 radical (unpaired) electrons. The molecule has 0 spiro atoms. The number of anilines is 1. The van der Waals surface area contributed by atoms with Gasteiger partial charge in [0.05, 0.1) is 0 Å². The Labute approximate surface area is 124 Å². The van der Waals surface area contributed by atoms with E-state index in [1.54, 1.807) is 6.07 Å². The quantitative estimate of drug-likeness (QED) is 0.728. The lowest BCUT2D eigenvalue weighted by Gasteiger charge is -2.04. The van der Waals surface area contributed by atoms with E-state index < -0.39 is 0 Å². The second-order valence-corrected chi connectivity index (χ2v) is 5.69. The summed E-state index contributed by atoms with van der Waals surface area (Å²) < 4.78 is 16.0. The van der Waals surface area contributed by atoms with E-state index in [-0.39, 0.29) is 5.82 Å². The Morgan fingerprint density at radius 3 is 2.65 bits per heavy atom. The van der Waals surface area contributed by atoms with E-state index in [9.17, 15) is 4.39 Å². The van der Waals surface area contributed by atoms with Crippen LogP contribution in [0.2, 0.25) is 0 Å². The van der Waals surface area contributed by atoms with Crippen molar-refractivity contribution < 1.29 is 4.39 Å². The summed E-state index contributed by atoms with van der Waals surface area (Å²) >= 11 is 3.49. The zero-order valence-corrected chi connectivity index (χ0v) is 12.7. The third-order valence-electron chi connectivity index (χ3n) is 3.38. The Balaban J connectivity index is 2.29. The van der Waals surface area contributed by atoms with E-state index in [0.29, 0.717) is 11.5 Å². The maximum Gasteiger partial charge on any atom is 0.139 e. The molecule has 3 aromatic rings. The van der Waals surface area contributed by atoms with Crippen LogP contribution >= 0.6 is 15.9 Å². The molecule has 1 aromatic carbocycles. The van der Waals surface area contributed by atoms with Crippen LogP contribution in [0.1, 0.15) is 11.1 Å². The fourth-order valence-electron chi connectivity index (χ4n) is 2.27. The number of fused-ring (bicyclic) bond motifs is 1. The molecule has 3 nitrogen and oxygen atoms in total. The molecule has 2 heterocycles. The Morgan fingerprint density at radius 2 is 1.95 bits per heavy atom. The van der Waals surface area contributed by atoms with Crippen molar-refractivity contribution in [1.82, 2.24) is 9.38 Å². The number of hydrogen-bond donors (Lipinski definition) is 1. The summed E-state index contributed by atoms with van der Waals surface area (Å²) in [6, 6.07) is 6.58. The van der Waals surface area contributed by atoms with Gasteiger partial charge in [-0.1, -0.05) is 0 Å². The molecule has 0 saturated heterocycles. The van der Waals surface area contributed by atoms with E-state index in [0.717, 1.165) is 26.8 Å². The second kappa shape index (κ2) is 4.59. The summed E-state index contributed by atoms with van der Waals surface area (Å²) in [5, 5.41) is 0. The summed E-state index contributed by atoms with van der Waals surface area (Å²) in [6.45, 7) is 3.85. The van der Waals surface area contributed by atoms with Gasteiger partial charge in [-0.2, -0.15) is 0 Å². The van der Waals surface area contributed by atoms with E-state index in [2.05, 4.69) is 20.9 Å². The van der Waals surface area contributed by atoms with Crippen LogP contribution in [0.5, 0.6) is 0 Å². The number of benzene rings is 1. The minimum Gasteiger partial charge on any atom is -0.383 e. The number of hydrogen-bond acceptors (Lipinski definition) is 2. The second-order valence-electron chi connectivity index (χ2n) is 4.84. The standard InChI is InChI=1S/C15H13BrFN3/c1-8-5-10(17)3-4-11(8)14-15(18)20-7-12(16)9(2)6-13(20)19-14/h3-7H,18H2,1-2H3. The summed E-state index contributed by atoms with van der Waals surface area (Å²) in [5.74, 6) is 0.294. The number of nitrogens with two attached hydrogens (primary N) is 1. The van der Waals surface area contributed by atoms with Crippen molar-refractivity contribution in [3.8, 4) is 11.3 Å². The maximum absolute atomic E-state index is 13.2. The minimum absolute atomic E-state index is 0.257. The number of pyridine rings is 1. The van der Waals surface area contributed by atoms with Crippen molar-refractivity contribution in [1.29, 1.82) is 0 Å². The van der Waals surface area contributed by atoms with Crippen LogP contribution in [0.4, 0.5) is 10.2 Å². The first kappa shape index (κ1) is 13.1. The number of imidazole rings is 1. The SMILES string of the molecule is Cc1cc2nc(-c3ccc(F)cc3C)c(N)n2cc1Br. The summed E-state index contributed by atoms with van der Waals surface area (Å²) in [6.07, 6.45) is 1.90. The van der Waals surface area contributed by atoms with E-state index >= 15 is 0 Å². The van der Waals surface area contributed by atoms with Crippen molar-refractivity contribution in [2.24, 2.45) is 0 Å². The van der Waals surface area contributed by atoms with Crippen molar-refractivity contribution >= 4 is 27.4 Å². The molecular weight excluding hydrogens is 321 g/mol. The molecule has 0 fully saturated rings. The Hall–Kier alpha value is -1.88. The number of rotatable bonds is 1. The van der Waals surface area contributed by atoms with Crippen LogP contribution in [-0.4, -0.2) is 9.38 Å². The molecule has 2 aromatic heterocycles. The Kier molecular flexibility index (Phi) is 3.01. The molecular formula is C15H13BrFN3. The van der Waals surface area contributed by atoms with Crippen LogP contribution in [0.25, 0.3) is 16.9 Å². The van der Waals surface area contributed by atoms with E-state index in [1.165, 1.54) is 12.1 Å². The maximum atomic E-state index is 13.2. The van der Waals surface area contributed by atoms with Gasteiger partial charge in [-0.25, -0.2) is 9.37 Å². The highest BCUT2D eigenvalue weighted by Gasteiger charge is 2.14. The number of aromatic nitrogens is 2. The first-order valence-corrected chi connectivity index (χ1v) is 6.97. The van der Waals surface area contributed by atoms with Gasteiger partial charge in [0.1, 0.15) is 23.0 Å². The van der Waals surface area contributed by atoms with Gasteiger partial charge < -0.3 is 5.73 Å². The van der Waals surface area contributed by atoms with Crippen LogP contribution in [-0.2, 0) is 0 Å². The predicted octanol–water partition coefficient (Wildman–Crippen LogP) is 4.10. The number of nitrogens with zero attached hydrogens (tertiary/aromatic N) is 2. The van der Waals surface area contributed by atoms with Gasteiger partial charge in [0.2, 0.25) is 0 Å². The summed E-state index contributed by atoms with van der Waals surface area (Å²) in [5.41, 5.74) is 10.4. The molecule has 0 atom stereocenters. The topological polar surface area (TPSA) is 43.3 Å². The summed E-state index contributed by atoms with van der Waals surface area (Å²) in [4.78, 5) is 4.57. The zero-order valence-electron chi connectivity index (χ0n) is 11.1. The molecule has 0 saturated carbocycles. The Bertz CT molecular complexity index is 824. The van der Waals surface area contributed by atoms with Gasteiger partial charge in [0.25, 0.3) is 0 Å².